The van der Waals surface area contributed by atoms with Crippen LogP contribution in [0.5, 0.6) is 0 Å². The summed E-state index contributed by atoms with van der Waals surface area (Å²) in [5, 5.41) is 3.05. The standard InChI is InChI=1S/C20H23N3O2/c1-16(24)23-13-10-20(11-14-23,17-7-3-2-4-8-17)19(25)22-15-18-9-5-6-12-21-18/h2-9,12H,10-11,13-15H2,1H3,(H,22,25). The number of piperidine rings is 1. The molecule has 0 atom stereocenters. The molecule has 0 spiro atoms. The van der Waals surface area contributed by atoms with E-state index < -0.39 is 5.41 Å². The Morgan fingerprint density at radius 3 is 2.36 bits per heavy atom. The van der Waals surface area contributed by atoms with Crippen LogP contribution in [0.25, 0.3) is 0 Å². The first kappa shape index (κ1) is 17.1. The maximum atomic E-state index is 13.1. The molecular weight excluding hydrogens is 314 g/mol. The highest BCUT2D eigenvalue weighted by Gasteiger charge is 2.43. The van der Waals surface area contributed by atoms with Crippen molar-refractivity contribution in [2.45, 2.75) is 31.7 Å². The molecule has 0 aliphatic carbocycles. The highest BCUT2D eigenvalue weighted by molar-refractivity contribution is 5.88. The molecule has 25 heavy (non-hydrogen) atoms. The third-order valence-electron chi connectivity index (χ3n) is 4.98. The van der Waals surface area contributed by atoms with Crippen LogP contribution in [0.15, 0.2) is 54.7 Å². The monoisotopic (exact) mass is 337 g/mol. The average Bonchev–Trinajstić information content (AvgIpc) is 2.67. The minimum atomic E-state index is -0.595. The van der Waals surface area contributed by atoms with Gasteiger partial charge in [0.1, 0.15) is 0 Å². The number of carbonyl (C=O) groups is 2. The number of nitrogens with one attached hydrogen (secondary N) is 1. The Labute approximate surface area is 148 Å². The van der Waals surface area contributed by atoms with Gasteiger partial charge in [-0.05, 0) is 30.5 Å². The summed E-state index contributed by atoms with van der Waals surface area (Å²) < 4.78 is 0. The fourth-order valence-corrected chi connectivity index (χ4v) is 3.45. The van der Waals surface area contributed by atoms with Gasteiger partial charge in [-0.3, -0.25) is 14.6 Å². The number of carbonyl (C=O) groups excluding carboxylic acids is 2. The second-order valence-electron chi connectivity index (χ2n) is 6.46. The van der Waals surface area contributed by atoms with E-state index in [2.05, 4.69) is 10.3 Å². The van der Waals surface area contributed by atoms with E-state index in [4.69, 9.17) is 0 Å². The van der Waals surface area contributed by atoms with Crippen molar-refractivity contribution in [1.82, 2.24) is 15.2 Å². The number of nitrogens with zero attached hydrogens (tertiary/aromatic N) is 2. The van der Waals surface area contributed by atoms with Crippen LogP contribution in [0, 0.1) is 0 Å². The van der Waals surface area contributed by atoms with Crippen LogP contribution in [-0.4, -0.2) is 34.8 Å². The van der Waals surface area contributed by atoms with E-state index in [0.29, 0.717) is 32.5 Å². The fraction of sp³-hybridized carbons (Fsp3) is 0.350. The van der Waals surface area contributed by atoms with Gasteiger partial charge in [0.05, 0.1) is 17.7 Å². The number of amides is 2. The van der Waals surface area contributed by atoms with E-state index in [1.165, 1.54) is 0 Å². The van der Waals surface area contributed by atoms with Crippen LogP contribution in [-0.2, 0) is 21.5 Å². The Kier molecular flexibility index (Phi) is 5.12. The average molecular weight is 337 g/mol. The molecule has 5 heteroatoms. The molecule has 2 amide bonds. The SMILES string of the molecule is CC(=O)N1CCC(C(=O)NCc2ccccn2)(c2ccccc2)CC1. The van der Waals surface area contributed by atoms with Gasteiger partial charge >= 0.3 is 0 Å². The predicted molar refractivity (Wildman–Crippen MR) is 95.7 cm³/mol. The molecule has 1 N–H and O–H groups in total. The van der Waals surface area contributed by atoms with E-state index in [9.17, 15) is 9.59 Å². The van der Waals surface area contributed by atoms with Gasteiger partial charge in [-0.15, -0.1) is 0 Å². The van der Waals surface area contributed by atoms with Crippen molar-refractivity contribution in [2.24, 2.45) is 0 Å². The van der Waals surface area contributed by atoms with Crippen LogP contribution in [0.3, 0.4) is 0 Å². The first-order valence-corrected chi connectivity index (χ1v) is 8.61. The molecule has 1 aliphatic heterocycles. The molecule has 2 aromatic rings. The minimum absolute atomic E-state index is 0.00700. The molecule has 1 aromatic carbocycles. The normalized spacial score (nSPS) is 16.3. The summed E-state index contributed by atoms with van der Waals surface area (Å²) in [6.07, 6.45) is 2.98. The van der Waals surface area contributed by atoms with Gasteiger partial charge in [0.2, 0.25) is 11.8 Å². The summed E-state index contributed by atoms with van der Waals surface area (Å²) in [5.74, 6) is 0.0723. The number of pyridine rings is 1. The van der Waals surface area contributed by atoms with Crippen molar-refractivity contribution in [2.75, 3.05) is 13.1 Å². The van der Waals surface area contributed by atoms with Gasteiger partial charge in [-0.25, -0.2) is 0 Å². The van der Waals surface area contributed by atoms with Crippen molar-refractivity contribution < 1.29 is 9.59 Å². The van der Waals surface area contributed by atoms with Crippen molar-refractivity contribution >= 4 is 11.8 Å². The Morgan fingerprint density at radius 2 is 1.76 bits per heavy atom. The number of rotatable bonds is 4. The molecule has 1 aromatic heterocycles. The van der Waals surface area contributed by atoms with E-state index in [-0.39, 0.29) is 11.8 Å². The van der Waals surface area contributed by atoms with Crippen LogP contribution in [0.4, 0.5) is 0 Å². The largest absolute Gasteiger partial charge is 0.350 e. The molecule has 1 fully saturated rings. The molecule has 130 valence electrons. The second kappa shape index (κ2) is 7.47. The fourth-order valence-electron chi connectivity index (χ4n) is 3.45. The number of hydrogen-bond donors (Lipinski definition) is 1. The predicted octanol–water partition coefficient (Wildman–Crippen LogP) is 2.28. The highest BCUT2D eigenvalue weighted by Crippen LogP contribution is 2.36. The molecule has 0 unspecified atom stereocenters. The van der Waals surface area contributed by atoms with Crippen LogP contribution >= 0.6 is 0 Å². The number of aromatic nitrogens is 1. The first-order valence-electron chi connectivity index (χ1n) is 8.61. The summed E-state index contributed by atoms with van der Waals surface area (Å²) in [4.78, 5) is 30.8. The number of hydrogen-bond acceptors (Lipinski definition) is 3. The van der Waals surface area contributed by atoms with E-state index in [1.807, 2.05) is 53.4 Å². The minimum Gasteiger partial charge on any atom is -0.350 e. The highest BCUT2D eigenvalue weighted by atomic mass is 16.2. The lowest BCUT2D eigenvalue weighted by molar-refractivity contribution is -0.135. The molecule has 0 bridgehead atoms. The quantitative estimate of drug-likeness (QED) is 0.931. The molecule has 0 saturated carbocycles. The van der Waals surface area contributed by atoms with Gasteiger partial charge in [-0.2, -0.15) is 0 Å². The second-order valence-corrected chi connectivity index (χ2v) is 6.46. The van der Waals surface area contributed by atoms with Crippen LogP contribution in [0.1, 0.15) is 31.0 Å². The van der Waals surface area contributed by atoms with Crippen molar-refractivity contribution in [3.8, 4) is 0 Å². The van der Waals surface area contributed by atoms with Gasteiger partial charge < -0.3 is 10.2 Å². The van der Waals surface area contributed by atoms with Crippen molar-refractivity contribution in [1.29, 1.82) is 0 Å². The Hall–Kier alpha value is -2.69. The third-order valence-corrected chi connectivity index (χ3v) is 4.98. The zero-order valence-corrected chi connectivity index (χ0v) is 14.4. The first-order chi connectivity index (χ1) is 12.1. The summed E-state index contributed by atoms with van der Waals surface area (Å²) in [6.45, 7) is 3.18. The van der Waals surface area contributed by atoms with Gasteiger partial charge in [-0.1, -0.05) is 36.4 Å². The summed E-state index contributed by atoms with van der Waals surface area (Å²) in [5.41, 5.74) is 1.25. The maximum Gasteiger partial charge on any atom is 0.231 e. The molecule has 1 aliphatic rings. The van der Waals surface area contributed by atoms with E-state index in [1.54, 1.807) is 13.1 Å². The maximum absolute atomic E-state index is 13.1. The van der Waals surface area contributed by atoms with Crippen molar-refractivity contribution in [3.63, 3.8) is 0 Å². The summed E-state index contributed by atoms with van der Waals surface area (Å²) >= 11 is 0. The van der Waals surface area contributed by atoms with Crippen LogP contribution in [0.2, 0.25) is 0 Å². The Bertz CT molecular complexity index is 723. The lowest BCUT2D eigenvalue weighted by Crippen LogP contribution is -2.52. The zero-order valence-electron chi connectivity index (χ0n) is 14.4. The molecule has 3 rings (SSSR count). The lowest BCUT2D eigenvalue weighted by atomic mass is 9.72. The number of likely N-dealkylation sites (tertiary alicyclic amines) is 1. The van der Waals surface area contributed by atoms with Crippen molar-refractivity contribution in [3.05, 3.63) is 66.0 Å². The Morgan fingerprint density at radius 1 is 1.08 bits per heavy atom. The van der Waals surface area contributed by atoms with Crippen LogP contribution < -0.4 is 5.32 Å². The topological polar surface area (TPSA) is 62.3 Å². The summed E-state index contributed by atoms with van der Waals surface area (Å²) in [6, 6.07) is 15.5. The number of benzene rings is 1. The zero-order chi connectivity index (χ0) is 17.7. The van der Waals surface area contributed by atoms with Gasteiger partial charge in [0, 0.05) is 26.2 Å². The molecule has 2 heterocycles. The van der Waals surface area contributed by atoms with Gasteiger partial charge in [0.15, 0.2) is 0 Å². The summed E-state index contributed by atoms with van der Waals surface area (Å²) in [7, 11) is 0. The van der Waals surface area contributed by atoms with Gasteiger partial charge in [0.25, 0.3) is 0 Å². The van der Waals surface area contributed by atoms with E-state index >= 15 is 0 Å². The van der Waals surface area contributed by atoms with E-state index in [0.717, 1.165) is 11.3 Å². The Balaban J connectivity index is 1.80. The smallest absolute Gasteiger partial charge is 0.231 e. The molecule has 1 saturated heterocycles. The molecule has 0 radical (unpaired) electrons. The molecule has 5 nitrogen and oxygen atoms in total. The lowest BCUT2D eigenvalue weighted by Gasteiger charge is -2.40. The third kappa shape index (κ3) is 3.71. The molecular formula is C20H23N3O2.